The van der Waals surface area contributed by atoms with Crippen molar-refractivity contribution in [2.45, 2.75) is 13.8 Å². The molecule has 2 N–H and O–H groups in total. The fourth-order valence-corrected chi connectivity index (χ4v) is 1.05. The van der Waals surface area contributed by atoms with E-state index in [2.05, 4.69) is 5.73 Å². The zero-order valence-corrected chi connectivity index (χ0v) is 7.70. The second-order valence-electron chi connectivity index (χ2n) is 2.88. The van der Waals surface area contributed by atoms with Crippen LogP contribution in [-0.2, 0) is 0 Å². The van der Waals surface area contributed by atoms with Gasteiger partial charge >= 0.3 is 0 Å². The number of rotatable bonds is 1. The van der Waals surface area contributed by atoms with Crippen LogP contribution in [0.1, 0.15) is 19.4 Å². The van der Waals surface area contributed by atoms with E-state index in [1.807, 2.05) is 6.92 Å². The average Bonchev–Trinajstić information content (AvgIpc) is 2.04. The molecule has 0 bridgehead atoms. The molecule has 0 aliphatic heterocycles. The molecule has 2 heteroatoms. The average molecular weight is 176 g/mol. The highest BCUT2D eigenvalue weighted by Gasteiger charge is 1.94. The summed E-state index contributed by atoms with van der Waals surface area (Å²) in [5.74, 6) is 0.395. The standard InChI is InChI=1S/C11H12O2/c1-8(7-9(2)12)10-3-5-11(13)6-4-10/h3-6,12-13H,1-2H3. The first-order chi connectivity index (χ1) is 6.09. The van der Waals surface area contributed by atoms with E-state index in [4.69, 9.17) is 10.2 Å². The summed E-state index contributed by atoms with van der Waals surface area (Å²) in [4.78, 5) is 0. The van der Waals surface area contributed by atoms with E-state index < -0.39 is 0 Å². The summed E-state index contributed by atoms with van der Waals surface area (Å²) in [6, 6.07) is 6.77. The SMILES string of the molecule is CC(O)=C=C(C)c1ccc(O)cc1. The Bertz CT molecular complexity index is 350. The van der Waals surface area contributed by atoms with E-state index >= 15 is 0 Å². The molecule has 0 aromatic heterocycles. The van der Waals surface area contributed by atoms with Gasteiger partial charge in [0.15, 0.2) is 0 Å². The van der Waals surface area contributed by atoms with Gasteiger partial charge in [-0.2, -0.15) is 0 Å². The second kappa shape index (κ2) is 3.83. The minimum absolute atomic E-state index is 0.158. The van der Waals surface area contributed by atoms with Crippen molar-refractivity contribution in [3.05, 3.63) is 41.3 Å². The molecular formula is C11H12O2. The van der Waals surface area contributed by atoms with Gasteiger partial charge in [0.25, 0.3) is 0 Å². The Labute approximate surface area is 77.5 Å². The van der Waals surface area contributed by atoms with Gasteiger partial charge in [-0.3, -0.25) is 0 Å². The van der Waals surface area contributed by atoms with Crippen LogP contribution < -0.4 is 0 Å². The number of aliphatic hydroxyl groups is 1. The predicted octanol–water partition coefficient (Wildman–Crippen LogP) is 2.86. The Hall–Kier alpha value is -1.66. The van der Waals surface area contributed by atoms with Crippen molar-refractivity contribution in [1.29, 1.82) is 0 Å². The Kier molecular flexibility index (Phi) is 2.78. The van der Waals surface area contributed by atoms with Crippen LogP contribution in [0.25, 0.3) is 5.57 Å². The summed E-state index contributed by atoms with van der Waals surface area (Å²) < 4.78 is 0. The molecule has 0 saturated carbocycles. The zero-order chi connectivity index (χ0) is 9.84. The number of phenolic OH excluding ortho intramolecular Hbond substituents is 1. The number of hydrogen-bond acceptors (Lipinski definition) is 2. The van der Waals surface area contributed by atoms with Gasteiger partial charge in [-0.25, -0.2) is 0 Å². The molecule has 0 fully saturated rings. The van der Waals surface area contributed by atoms with E-state index in [9.17, 15) is 0 Å². The minimum Gasteiger partial charge on any atom is -0.508 e. The van der Waals surface area contributed by atoms with Crippen LogP contribution in [0.3, 0.4) is 0 Å². The summed E-state index contributed by atoms with van der Waals surface area (Å²) in [5, 5.41) is 18.0. The number of benzene rings is 1. The Balaban J connectivity index is 3.11. The molecule has 0 radical (unpaired) electrons. The van der Waals surface area contributed by atoms with Crippen molar-refractivity contribution in [3.8, 4) is 5.75 Å². The quantitative estimate of drug-likeness (QED) is 0.510. The van der Waals surface area contributed by atoms with Crippen molar-refractivity contribution in [2.75, 3.05) is 0 Å². The van der Waals surface area contributed by atoms with Gasteiger partial charge in [-0.05, 0) is 24.6 Å². The first kappa shape index (κ1) is 9.43. The van der Waals surface area contributed by atoms with Gasteiger partial charge in [0.2, 0.25) is 0 Å². The molecule has 0 saturated heterocycles. The minimum atomic E-state index is 0.158. The molecule has 68 valence electrons. The van der Waals surface area contributed by atoms with Gasteiger partial charge < -0.3 is 10.2 Å². The third-order valence-corrected chi connectivity index (χ3v) is 1.67. The second-order valence-corrected chi connectivity index (χ2v) is 2.88. The fourth-order valence-electron chi connectivity index (χ4n) is 1.05. The van der Waals surface area contributed by atoms with E-state index in [0.717, 1.165) is 11.1 Å². The number of aliphatic hydroxyl groups excluding tert-OH is 1. The summed E-state index contributed by atoms with van der Waals surface area (Å²) in [6.07, 6.45) is 0. The largest absolute Gasteiger partial charge is 0.508 e. The number of allylic oxidation sites excluding steroid dienone is 1. The molecule has 1 aromatic rings. The lowest BCUT2D eigenvalue weighted by atomic mass is 10.1. The molecule has 0 aliphatic carbocycles. The van der Waals surface area contributed by atoms with Crippen LogP contribution in [-0.4, -0.2) is 10.2 Å². The van der Waals surface area contributed by atoms with Crippen molar-refractivity contribution in [1.82, 2.24) is 0 Å². The number of hydrogen-bond donors (Lipinski definition) is 2. The number of phenols is 1. The third kappa shape index (κ3) is 2.69. The fraction of sp³-hybridized carbons (Fsp3) is 0.182. The molecule has 0 atom stereocenters. The topological polar surface area (TPSA) is 40.5 Å². The normalized spacial score (nSPS) is 9.08. The van der Waals surface area contributed by atoms with Crippen molar-refractivity contribution < 1.29 is 10.2 Å². The molecule has 0 unspecified atom stereocenters. The first-order valence-corrected chi connectivity index (χ1v) is 4.02. The van der Waals surface area contributed by atoms with Gasteiger partial charge in [0, 0.05) is 12.5 Å². The molecule has 0 amide bonds. The predicted molar refractivity (Wildman–Crippen MR) is 52.5 cm³/mol. The maximum Gasteiger partial charge on any atom is 0.132 e. The molecule has 1 aromatic carbocycles. The Morgan fingerprint density at radius 3 is 2.15 bits per heavy atom. The first-order valence-electron chi connectivity index (χ1n) is 4.02. The van der Waals surface area contributed by atoms with Crippen LogP contribution in [0, 0.1) is 0 Å². The number of aromatic hydroxyl groups is 1. The van der Waals surface area contributed by atoms with Crippen molar-refractivity contribution in [3.63, 3.8) is 0 Å². The van der Waals surface area contributed by atoms with Gasteiger partial charge in [-0.15, -0.1) is 0 Å². The van der Waals surface area contributed by atoms with E-state index in [-0.39, 0.29) is 11.5 Å². The Morgan fingerprint density at radius 1 is 1.15 bits per heavy atom. The van der Waals surface area contributed by atoms with Gasteiger partial charge in [0.05, 0.1) is 0 Å². The van der Waals surface area contributed by atoms with E-state index in [1.165, 1.54) is 0 Å². The molecule has 0 aliphatic rings. The monoisotopic (exact) mass is 176 g/mol. The van der Waals surface area contributed by atoms with Crippen molar-refractivity contribution in [2.24, 2.45) is 0 Å². The molecule has 1 rings (SSSR count). The lowest BCUT2D eigenvalue weighted by Crippen LogP contribution is -1.77. The summed E-state index contributed by atoms with van der Waals surface area (Å²) in [5.41, 5.74) is 4.57. The molecular weight excluding hydrogens is 164 g/mol. The zero-order valence-electron chi connectivity index (χ0n) is 7.70. The highest BCUT2D eigenvalue weighted by molar-refractivity contribution is 5.63. The summed E-state index contributed by atoms with van der Waals surface area (Å²) in [7, 11) is 0. The lowest BCUT2D eigenvalue weighted by molar-refractivity contribution is 0.416. The van der Waals surface area contributed by atoms with Crippen LogP contribution in [0.15, 0.2) is 35.8 Å². The molecule has 13 heavy (non-hydrogen) atoms. The smallest absolute Gasteiger partial charge is 0.132 e. The van der Waals surface area contributed by atoms with Crippen LogP contribution in [0.5, 0.6) is 5.75 Å². The van der Waals surface area contributed by atoms with Crippen LogP contribution >= 0.6 is 0 Å². The van der Waals surface area contributed by atoms with E-state index in [1.54, 1.807) is 31.2 Å². The summed E-state index contributed by atoms with van der Waals surface area (Å²) >= 11 is 0. The summed E-state index contributed by atoms with van der Waals surface area (Å²) in [6.45, 7) is 3.43. The highest BCUT2D eigenvalue weighted by Crippen LogP contribution is 2.16. The van der Waals surface area contributed by atoms with Gasteiger partial charge in [0.1, 0.15) is 11.5 Å². The van der Waals surface area contributed by atoms with Crippen molar-refractivity contribution >= 4 is 5.57 Å². The maximum absolute atomic E-state index is 9.04. The Morgan fingerprint density at radius 2 is 1.69 bits per heavy atom. The maximum atomic E-state index is 9.04. The molecule has 0 heterocycles. The molecule has 2 nitrogen and oxygen atoms in total. The third-order valence-electron chi connectivity index (χ3n) is 1.67. The highest BCUT2D eigenvalue weighted by atomic mass is 16.3. The van der Waals surface area contributed by atoms with Crippen LogP contribution in [0.2, 0.25) is 0 Å². The van der Waals surface area contributed by atoms with Crippen LogP contribution in [0.4, 0.5) is 0 Å². The van der Waals surface area contributed by atoms with E-state index in [0.29, 0.717) is 0 Å². The molecule has 0 spiro atoms. The van der Waals surface area contributed by atoms with Gasteiger partial charge in [-0.1, -0.05) is 17.9 Å². The lowest BCUT2D eigenvalue weighted by Gasteiger charge is -1.98.